The summed E-state index contributed by atoms with van der Waals surface area (Å²) in [6.07, 6.45) is 2.32. The number of ketones is 1. The average molecular weight is 745 g/mol. The molecular formula is C28H52N6O13S2. The molecular weight excluding hydrogens is 692 g/mol. The van der Waals surface area contributed by atoms with Crippen LogP contribution in [0.2, 0.25) is 0 Å². The highest BCUT2D eigenvalue weighted by molar-refractivity contribution is 7.92. The molecule has 0 saturated heterocycles. The molecule has 0 spiro atoms. The molecule has 3 unspecified atom stereocenters. The van der Waals surface area contributed by atoms with Crippen LogP contribution in [0, 0.1) is 27.6 Å². The largest absolute Gasteiger partial charge is 0.480 e. The number of hydrogen-bond donors (Lipinski definition) is 9. The summed E-state index contributed by atoms with van der Waals surface area (Å²) >= 11 is 0. The molecule has 49 heavy (non-hydrogen) atoms. The van der Waals surface area contributed by atoms with Gasteiger partial charge in [-0.25, -0.2) is 13.2 Å². The maximum absolute atomic E-state index is 12.6. The number of fused-ring (bicyclic) bond motifs is 2. The van der Waals surface area contributed by atoms with Crippen molar-refractivity contribution in [1.82, 2.24) is 10.6 Å². The van der Waals surface area contributed by atoms with Crippen molar-refractivity contribution < 1.29 is 60.3 Å². The normalized spacial score (nSPS) is 21.5. The van der Waals surface area contributed by atoms with Gasteiger partial charge in [0.1, 0.15) is 17.9 Å². The van der Waals surface area contributed by atoms with Gasteiger partial charge < -0.3 is 47.3 Å². The van der Waals surface area contributed by atoms with Crippen LogP contribution in [0.4, 0.5) is 0 Å². The van der Waals surface area contributed by atoms with Crippen LogP contribution >= 0.6 is 0 Å². The molecule has 0 aromatic heterocycles. The average Bonchev–Trinajstić information content (AvgIpc) is 3.23. The lowest BCUT2D eigenvalue weighted by Gasteiger charge is -2.35. The molecule has 0 amide bonds. The second kappa shape index (κ2) is 18.0. The quantitative estimate of drug-likeness (QED) is 0.0396. The van der Waals surface area contributed by atoms with E-state index in [1.165, 1.54) is 20.8 Å². The number of likely N-dealkylation sites (N-methyl/N-ethyl adjacent to an activating group) is 1. The molecule has 19 nitrogen and oxygen atoms in total. The third-order valence-corrected chi connectivity index (χ3v) is 12.2. The van der Waals surface area contributed by atoms with Crippen LogP contribution in [0.3, 0.4) is 0 Å². The number of carbonyl (C=O) groups is 5. The van der Waals surface area contributed by atoms with Gasteiger partial charge in [0, 0.05) is 13.0 Å². The highest BCUT2D eigenvalue weighted by atomic mass is 32.2. The van der Waals surface area contributed by atoms with E-state index < -0.39 is 88.9 Å². The number of nitrogens with two attached hydrogens (primary N) is 3. The zero-order valence-electron chi connectivity index (χ0n) is 28.6. The molecule has 12 N–H and O–H groups in total. The summed E-state index contributed by atoms with van der Waals surface area (Å²) in [5, 5.41) is 35.5. The third kappa shape index (κ3) is 13.4. The Balaban J connectivity index is 0.00000105. The van der Waals surface area contributed by atoms with Gasteiger partial charge in [0.2, 0.25) is 0 Å². The van der Waals surface area contributed by atoms with E-state index in [0.717, 1.165) is 0 Å². The summed E-state index contributed by atoms with van der Waals surface area (Å²) in [7, 11) is -7.36. The first-order chi connectivity index (χ1) is 22.1. The van der Waals surface area contributed by atoms with Crippen molar-refractivity contribution in [2.45, 2.75) is 84.1 Å². The smallest absolute Gasteiger partial charge is 0.339 e. The molecule has 0 radical (unpaired) electrons. The van der Waals surface area contributed by atoms with Crippen LogP contribution in [0.1, 0.15) is 66.7 Å². The van der Waals surface area contributed by atoms with Gasteiger partial charge >= 0.3 is 34.0 Å². The van der Waals surface area contributed by atoms with Crippen molar-refractivity contribution in [3.63, 3.8) is 0 Å². The summed E-state index contributed by atoms with van der Waals surface area (Å²) in [4.78, 5) is 56.0. The first kappa shape index (κ1) is 45.6. The number of sulfone groups is 1. The number of guanidine groups is 1. The van der Waals surface area contributed by atoms with Gasteiger partial charge in [0.25, 0.3) is 0 Å². The SMILES string of the molecule is CC(C)(C)C(C(=O)O)S(=O)(=O)C[C@H](N)C(=O)OS(=O)(=O)CC12CCC(CC1=O)C2(C)C.CNCC(=O)O.N=C(N)NCCC[C@H](N)C(=O)O. The molecule has 0 heterocycles. The first-order valence-electron chi connectivity index (χ1n) is 15.2. The number of rotatable bonds is 15. The lowest BCUT2D eigenvalue weighted by atomic mass is 9.70. The Morgan fingerprint density at radius 2 is 1.59 bits per heavy atom. The fraction of sp³-hybridized carbons (Fsp3) is 0.786. The number of carboxylic acid groups (broad SMARTS) is 3. The van der Waals surface area contributed by atoms with Crippen LogP contribution in [-0.4, -0.2) is 117 Å². The minimum absolute atomic E-state index is 0.0417. The van der Waals surface area contributed by atoms with E-state index in [2.05, 4.69) is 14.8 Å². The highest BCUT2D eigenvalue weighted by Gasteiger charge is 2.65. The van der Waals surface area contributed by atoms with Gasteiger partial charge in [0.15, 0.2) is 21.0 Å². The molecule has 21 heteroatoms. The number of hydrogen-bond acceptors (Lipinski definition) is 14. The molecule has 0 aromatic rings. The number of carbonyl (C=O) groups excluding carboxylic acids is 2. The van der Waals surface area contributed by atoms with Gasteiger partial charge in [-0.15, -0.1) is 0 Å². The minimum atomic E-state index is -4.54. The standard InChI is InChI=1S/C19H31NO9S2.C6H14N4O2.C3H7NO2/c1-17(2,3)14(15(22)23)30(25,26)9-12(20)16(24)29-31(27,28)10-19-7-6-11(8-13(19)21)18(19,4)5;7-4(5(11)12)2-1-3-10-6(8)9;1-4-2-3(5)6/h11-12,14H,6-10,20H2,1-5H3,(H,22,23);4H,1-3,7H2,(H,11,12)(H4,8,9,10);4H,2H2,1H3,(H,5,6)/t11?,12-,14?,19?;4-;/m00./s1. The van der Waals surface area contributed by atoms with Gasteiger partial charge in [-0.3, -0.25) is 24.6 Å². The number of carboxylic acids is 3. The van der Waals surface area contributed by atoms with E-state index in [-0.39, 0.29) is 30.6 Å². The third-order valence-electron chi connectivity index (χ3n) is 8.51. The van der Waals surface area contributed by atoms with E-state index in [4.69, 9.17) is 32.8 Å². The second-order valence-electron chi connectivity index (χ2n) is 13.6. The Bertz CT molecular complexity index is 1440. The van der Waals surface area contributed by atoms with Crippen LogP contribution in [0.25, 0.3) is 0 Å². The zero-order valence-corrected chi connectivity index (χ0v) is 30.3. The highest BCUT2D eigenvalue weighted by Crippen LogP contribution is 2.64. The van der Waals surface area contributed by atoms with E-state index >= 15 is 0 Å². The van der Waals surface area contributed by atoms with E-state index in [1.807, 2.05) is 13.8 Å². The van der Waals surface area contributed by atoms with Crippen molar-refractivity contribution in [1.29, 1.82) is 5.41 Å². The van der Waals surface area contributed by atoms with E-state index in [9.17, 15) is 45.9 Å². The summed E-state index contributed by atoms with van der Waals surface area (Å²) in [6.45, 7) is 8.40. The first-order valence-corrected chi connectivity index (χ1v) is 18.5. The maximum Gasteiger partial charge on any atom is 0.339 e. The molecule has 284 valence electrons. The molecule has 5 atom stereocenters. The zero-order chi connectivity index (χ0) is 38.8. The van der Waals surface area contributed by atoms with Crippen LogP contribution in [0.15, 0.2) is 0 Å². The van der Waals surface area contributed by atoms with Crippen molar-refractivity contribution in [2.24, 2.45) is 39.4 Å². The fourth-order valence-electron chi connectivity index (χ4n) is 5.92. The predicted molar refractivity (Wildman–Crippen MR) is 177 cm³/mol. The Kier molecular flexibility index (Phi) is 16.8. The topological polar surface area (TPSA) is 350 Å². The Morgan fingerprint density at radius 1 is 1.04 bits per heavy atom. The summed E-state index contributed by atoms with van der Waals surface area (Å²) in [5.74, 6) is -6.94. The minimum Gasteiger partial charge on any atom is -0.480 e. The van der Waals surface area contributed by atoms with Crippen LogP contribution < -0.4 is 27.8 Å². The fourth-order valence-corrected chi connectivity index (χ4v) is 9.85. The summed E-state index contributed by atoms with van der Waals surface area (Å²) in [6, 6.07) is -2.72. The van der Waals surface area contributed by atoms with Crippen molar-refractivity contribution in [3.8, 4) is 0 Å². The van der Waals surface area contributed by atoms with Crippen LogP contribution in [0.5, 0.6) is 0 Å². The van der Waals surface area contributed by atoms with E-state index in [0.29, 0.717) is 32.2 Å². The van der Waals surface area contributed by atoms with Gasteiger partial charge in [-0.2, -0.15) is 8.42 Å². The molecule has 2 rings (SSSR count). The van der Waals surface area contributed by atoms with Crippen LogP contribution in [-0.2, 0) is 48.1 Å². The Morgan fingerprint density at radius 3 is 1.94 bits per heavy atom. The number of aliphatic carboxylic acids is 3. The molecule has 0 aromatic carbocycles. The molecule has 2 fully saturated rings. The monoisotopic (exact) mass is 744 g/mol. The predicted octanol–water partition coefficient (Wildman–Crippen LogP) is -1.55. The van der Waals surface area contributed by atoms with E-state index in [1.54, 1.807) is 7.05 Å². The Hall–Kier alpha value is -3.40. The summed E-state index contributed by atoms with van der Waals surface area (Å²) in [5.41, 5.74) is 12.9. The van der Waals surface area contributed by atoms with Crippen molar-refractivity contribution in [3.05, 3.63) is 0 Å². The second-order valence-corrected chi connectivity index (χ2v) is 17.3. The molecule has 0 aliphatic heterocycles. The van der Waals surface area contributed by atoms with Gasteiger partial charge in [0.05, 0.1) is 23.5 Å². The Labute approximate surface area is 286 Å². The molecule has 2 aliphatic carbocycles. The number of Topliss-reactive ketones (excluding diaryl/α,β-unsaturated/α-hetero) is 1. The summed E-state index contributed by atoms with van der Waals surface area (Å²) < 4.78 is 54.8. The van der Waals surface area contributed by atoms with Crippen molar-refractivity contribution >= 4 is 55.6 Å². The van der Waals surface area contributed by atoms with Gasteiger partial charge in [-0.05, 0) is 49.5 Å². The molecule has 2 saturated carbocycles. The molecule has 2 aliphatic rings. The lowest BCUT2D eigenvalue weighted by molar-refractivity contribution is -0.139. The van der Waals surface area contributed by atoms with Gasteiger partial charge in [-0.1, -0.05) is 34.6 Å². The molecule has 2 bridgehead atoms. The van der Waals surface area contributed by atoms with Crippen molar-refractivity contribution in [2.75, 3.05) is 31.6 Å². The number of nitrogens with one attached hydrogen (secondary N) is 3. The lowest BCUT2D eigenvalue weighted by Crippen LogP contribution is -2.49. The maximum atomic E-state index is 12.6.